The summed E-state index contributed by atoms with van der Waals surface area (Å²) in [5, 5.41) is 9.88. The summed E-state index contributed by atoms with van der Waals surface area (Å²) in [7, 11) is 0. The van der Waals surface area contributed by atoms with Crippen molar-refractivity contribution in [1.82, 2.24) is 4.98 Å². The van der Waals surface area contributed by atoms with E-state index in [1.54, 1.807) is 42.7 Å². The fourth-order valence-electron chi connectivity index (χ4n) is 1.62. The molecule has 1 N–H and O–H groups in total. The van der Waals surface area contributed by atoms with Gasteiger partial charge in [-0.2, -0.15) is 0 Å². The Balaban J connectivity index is 2.06. The van der Waals surface area contributed by atoms with Crippen LogP contribution in [0.5, 0.6) is 0 Å². The average molecular weight is 227 g/mol. The quantitative estimate of drug-likeness (QED) is 0.868. The van der Waals surface area contributed by atoms with E-state index in [-0.39, 0.29) is 12.2 Å². The summed E-state index contributed by atoms with van der Waals surface area (Å²) in [4.78, 5) is 15.8. The average Bonchev–Trinajstić information content (AvgIpc) is 2.40. The first-order valence-electron chi connectivity index (χ1n) is 5.42. The normalized spacial score (nSPS) is 12.1. The highest BCUT2D eigenvalue weighted by Crippen LogP contribution is 2.15. The number of carbonyl (C=O) groups excluding carboxylic acids is 1. The molecule has 1 aromatic carbocycles. The Kier molecular flexibility index (Phi) is 3.62. The summed E-state index contributed by atoms with van der Waals surface area (Å²) >= 11 is 0. The van der Waals surface area contributed by atoms with Crippen molar-refractivity contribution < 1.29 is 9.90 Å². The smallest absolute Gasteiger partial charge is 0.170 e. The second kappa shape index (κ2) is 5.37. The molecule has 1 atom stereocenters. The number of benzene rings is 1. The van der Waals surface area contributed by atoms with Gasteiger partial charge in [-0.15, -0.1) is 0 Å². The Labute approximate surface area is 99.8 Å². The molecule has 2 rings (SSSR count). The Bertz CT molecular complexity index is 482. The maximum atomic E-state index is 11.8. The first-order chi connectivity index (χ1) is 8.27. The van der Waals surface area contributed by atoms with Crippen molar-refractivity contribution >= 4 is 5.78 Å². The number of aliphatic hydroxyl groups excluding tert-OH is 1. The van der Waals surface area contributed by atoms with E-state index in [2.05, 4.69) is 4.98 Å². The lowest BCUT2D eigenvalue weighted by Crippen LogP contribution is -2.14. The number of nitrogens with zero attached hydrogens (tertiary/aromatic N) is 1. The van der Waals surface area contributed by atoms with E-state index in [9.17, 15) is 9.90 Å². The van der Waals surface area contributed by atoms with Crippen molar-refractivity contribution in [2.75, 3.05) is 0 Å². The fraction of sp³-hybridized carbons (Fsp3) is 0.143. The molecule has 2 aromatic rings. The van der Waals surface area contributed by atoms with Crippen molar-refractivity contribution in [3.05, 3.63) is 66.0 Å². The first kappa shape index (κ1) is 11.5. The van der Waals surface area contributed by atoms with Gasteiger partial charge in [0.2, 0.25) is 0 Å². The second-order valence-corrected chi connectivity index (χ2v) is 3.82. The molecule has 0 bridgehead atoms. The molecule has 0 radical (unpaired) electrons. The van der Waals surface area contributed by atoms with Gasteiger partial charge in [0, 0.05) is 18.8 Å². The van der Waals surface area contributed by atoms with E-state index in [4.69, 9.17) is 0 Å². The van der Waals surface area contributed by atoms with E-state index in [0.29, 0.717) is 5.56 Å². The lowest BCUT2D eigenvalue weighted by atomic mass is 10.0. The molecule has 1 unspecified atom stereocenters. The molecule has 0 fully saturated rings. The largest absolute Gasteiger partial charge is 0.381 e. The molecule has 0 saturated carbocycles. The number of hydrogen-bond acceptors (Lipinski definition) is 3. The maximum absolute atomic E-state index is 11.8. The number of pyridine rings is 1. The predicted octanol–water partition coefficient (Wildman–Crippen LogP) is 1.93. The topological polar surface area (TPSA) is 50.2 Å². The summed E-state index contributed by atoms with van der Waals surface area (Å²) in [6.45, 7) is 0. The number of rotatable bonds is 4. The highest BCUT2D eigenvalue weighted by molar-refractivity contribution is 5.86. The minimum absolute atomic E-state index is 0.198. The van der Waals surface area contributed by atoms with Gasteiger partial charge in [-0.1, -0.05) is 36.4 Å². The molecule has 3 nitrogen and oxygen atoms in total. The molecule has 1 heterocycles. The van der Waals surface area contributed by atoms with E-state index in [0.717, 1.165) is 5.56 Å². The molecule has 0 spiro atoms. The van der Waals surface area contributed by atoms with Crippen molar-refractivity contribution in [2.45, 2.75) is 12.5 Å². The van der Waals surface area contributed by atoms with Crippen LogP contribution in [0.2, 0.25) is 0 Å². The second-order valence-electron chi connectivity index (χ2n) is 3.82. The summed E-state index contributed by atoms with van der Waals surface area (Å²) in [6.07, 6.45) is 2.43. The third kappa shape index (κ3) is 2.98. The van der Waals surface area contributed by atoms with Crippen LogP contribution >= 0.6 is 0 Å². The first-order valence-corrected chi connectivity index (χ1v) is 5.42. The van der Waals surface area contributed by atoms with Gasteiger partial charge in [0.25, 0.3) is 0 Å². The fourth-order valence-corrected chi connectivity index (χ4v) is 1.62. The van der Waals surface area contributed by atoms with Gasteiger partial charge in [0.1, 0.15) is 6.10 Å². The van der Waals surface area contributed by atoms with Gasteiger partial charge in [0.15, 0.2) is 5.78 Å². The summed E-state index contributed by atoms with van der Waals surface area (Å²) in [5.74, 6) is -0.218. The molecular weight excluding hydrogens is 214 g/mol. The zero-order valence-corrected chi connectivity index (χ0v) is 9.28. The molecule has 17 heavy (non-hydrogen) atoms. The molecule has 86 valence electrons. The van der Waals surface area contributed by atoms with Crippen molar-refractivity contribution in [1.29, 1.82) is 0 Å². The minimum Gasteiger partial charge on any atom is -0.381 e. The summed E-state index contributed by atoms with van der Waals surface area (Å²) in [5.41, 5.74) is 1.44. The predicted molar refractivity (Wildman–Crippen MR) is 64.3 cm³/mol. The van der Waals surface area contributed by atoms with Crippen LogP contribution in [0.1, 0.15) is 17.2 Å². The number of Topliss-reactive ketones (excluding diaryl/α,β-unsaturated/α-hetero) is 1. The van der Waals surface area contributed by atoms with Gasteiger partial charge in [0.05, 0.1) is 0 Å². The number of ketones is 1. The van der Waals surface area contributed by atoms with Crippen LogP contribution in [-0.2, 0) is 11.2 Å². The van der Waals surface area contributed by atoms with Gasteiger partial charge in [-0.3, -0.25) is 9.78 Å². The third-order valence-corrected chi connectivity index (χ3v) is 2.52. The summed E-state index contributed by atoms with van der Waals surface area (Å²) < 4.78 is 0. The van der Waals surface area contributed by atoms with Crippen molar-refractivity contribution in [2.24, 2.45) is 0 Å². The summed E-state index contributed by atoms with van der Waals surface area (Å²) in [6, 6.07) is 12.5. The Morgan fingerprint density at radius 1 is 1.18 bits per heavy atom. The monoisotopic (exact) mass is 227 g/mol. The Morgan fingerprint density at radius 2 is 1.94 bits per heavy atom. The van der Waals surface area contributed by atoms with Gasteiger partial charge < -0.3 is 5.11 Å². The standard InChI is InChI=1S/C14H13NO2/c16-13(9-11-5-4-8-15-10-11)14(17)12-6-2-1-3-7-12/h1-8,10,14,17H,9H2. The van der Waals surface area contributed by atoms with Crippen LogP contribution in [-0.4, -0.2) is 15.9 Å². The highest BCUT2D eigenvalue weighted by atomic mass is 16.3. The molecule has 0 aliphatic rings. The van der Waals surface area contributed by atoms with Gasteiger partial charge >= 0.3 is 0 Å². The van der Waals surface area contributed by atoms with Crippen LogP contribution in [0.3, 0.4) is 0 Å². The zero-order valence-electron chi connectivity index (χ0n) is 9.28. The molecule has 3 heteroatoms. The van der Waals surface area contributed by atoms with Crippen LogP contribution in [0.15, 0.2) is 54.9 Å². The van der Waals surface area contributed by atoms with Crippen molar-refractivity contribution in [3.63, 3.8) is 0 Å². The lowest BCUT2D eigenvalue weighted by molar-refractivity contribution is -0.126. The lowest BCUT2D eigenvalue weighted by Gasteiger charge is -2.09. The van der Waals surface area contributed by atoms with Crippen LogP contribution in [0.25, 0.3) is 0 Å². The van der Waals surface area contributed by atoms with Crippen molar-refractivity contribution in [3.8, 4) is 0 Å². The number of aliphatic hydroxyl groups is 1. The maximum Gasteiger partial charge on any atom is 0.170 e. The Morgan fingerprint density at radius 3 is 2.59 bits per heavy atom. The number of carbonyl (C=O) groups is 1. The molecule has 0 aliphatic heterocycles. The number of hydrogen-bond donors (Lipinski definition) is 1. The molecule has 1 aromatic heterocycles. The van der Waals surface area contributed by atoms with E-state index >= 15 is 0 Å². The minimum atomic E-state index is -1.06. The molecular formula is C14H13NO2. The van der Waals surface area contributed by atoms with Crippen LogP contribution in [0.4, 0.5) is 0 Å². The van der Waals surface area contributed by atoms with E-state index in [1.807, 2.05) is 12.1 Å². The third-order valence-electron chi connectivity index (χ3n) is 2.52. The number of aromatic nitrogens is 1. The molecule has 0 amide bonds. The zero-order chi connectivity index (χ0) is 12.1. The van der Waals surface area contributed by atoms with Gasteiger partial charge in [-0.25, -0.2) is 0 Å². The van der Waals surface area contributed by atoms with Gasteiger partial charge in [-0.05, 0) is 17.2 Å². The molecule has 0 aliphatic carbocycles. The van der Waals surface area contributed by atoms with E-state index in [1.165, 1.54) is 0 Å². The van der Waals surface area contributed by atoms with Crippen LogP contribution < -0.4 is 0 Å². The van der Waals surface area contributed by atoms with E-state index < -0.39 is 6.10 Å². The highest BCUT2D eigenvalue weighted by Gasteiger charge is 2.16. The molecule has 0 saturated heterocycles. The SMILES string of the molecule is O=C(Cc1cccnc1)C(O)c1ccccc1. The van der Waals surface area contributed by atoms with Crippen LogP contribution in [0, 0.1) is 0 Å². The Hall–Kier alpha value is -2.00.